The molecule has 0 amide bonds. The van der Waals surface area contributed by atoms with Gasteiger partial charge in [0.15, 0.2) is 11.5 Å². The van der Waals surface area contributed by atoms with E-state index in [-0.39, 0.29) is 5.41 Å². The summed E-state index contributed by atoms with van der Waals surface area (Å²) in [6.07, 6.45) is 7.57. The van der Waals surface area contributed by atoms with Crippen LogP contribution in [0, 0.1) is 5.92 Å². The van der Waals surface area contributed by atoms with Crippen molar-refractivity contribution >= 4 is 5.69 Å². The smallest absolute Gasteiger partial charge is 0.184 e. The van der Waals surface area contributed by atoms with Crippen molar-refractivity contribution in [2.75, 3.05) is 25.0 Å². The van der Waals surface area contributed by atoms with Crippen molar-refractivity contribution in [3.8, 4) is 11.5 Å². The molecule has 2 bridgehead atoms. The fourth-order valence-corrected chi connectivity index (χ4v) is 5.70. The first-order chi connectivity index (χ1) is 10.8. The van der Waals surface area contributed by atoms with Gasteiger partial charge >= 0.3 is 0 Å². The van der Waals surface area contributed by atoms with Gasteiger partial charge in [0.2, 0.25) is 0 Å². The lowest BCUT2D eigenvalue weighted by Crippen LogP contribution is -2.59. The van der Waals surface area contributed by atoms with E-state index in [1.807, 2.05) is 6.07 Å². The molecule has 22 heavy (non-hydrogen) atoms. The summed E-state index contributed by atoms with van der Waals surface area (Å²) in [5, 5.41) is 17.8. The Bertz CT molecular complexity index is 626. The Balaban J connectivity index is 1.75. The minimum Gasteiger partial charge on any atom is -0.504 e. The Kier molecular flexibility index (Phi) is 2.70. The summed E-state index contributed by atoms with van der Waals surface area (Å²) in [6, 6.07) is 2.64. The van der Waals surface area contributed by atoms with Gasteiger partial charge in [-0.3, -0.25) is 0 Å². The van der Waals surface area contributed by atoms with Crippen LogP contribution < -0.4 is 15.4 Å². The number of ether oxygens (including phenoxy) is 1. The Hall–Kier alpha value is -1.42. The number of fused-ring (bicyclic) bond motifs is 3. The first kappa shape index (κ1) is 13.1. The molecule has 4 heteroatoms. The average Bonchev–Trinajstić information content (AvgIpc) is 2.56. The van der Waals surface area contributed by atoms with Gasteiger partial charge in [0.1, 0.15) is 6.61 Å². The molecule has 0 spiro atoms. The third-order valence-electron chi connectivity index (χ3n) is 6.54. The summed E-state index contributed by atoms with van der Waals surface area (Å²) in [7, 11) is 0. The van der Waals surface area contributed by atoms with Crippen molar-refractivity contribution < 1.29 is 9.84 Å². The first-order valence-electron chi connectivity index (χ1n) is 8.79. The average molecular weight is 300 g/mol. The normalized spacial score (nSPS) is 35.5. The van der Waals surface area contributed by atoms with E-state index < -0.39 is 0 Å². The maximum Gasteiger partial charge on any atom is 0.184 e. The molecule has 5 rings (SSSR count). The van der Waals surface area contributed by atoms with E-state index in [1.165, 1.54) is 43.2 Å². The van der Waals surface area contributed by atoms with E-state index in [0.717, 1.165) is 31.1 Å². The number of phenolic OH excluding ortho intramolecular Hbond substituents is 1. The van der Waals surface area contributed by atoms with E-state index >= 15 is 0 Å². The van der Waals surface area contributed by atoms with Crippen molar-refractivity contribution in [3.63, 3.8) is 0 Å². The van der Waals surface area contributed by atoms with Gasteiger partial charge in [-0.05, 0) is 55.3 Å². The fourth-order valence-electron chi connectivity index (χ4n) is 5.70. The van der Waals surface area contributed by atoms with Gasteiger partial charge in [0.25, 0.3) is 0 Å². The number of hydrogen-bond donors (Lipinski definition) is 3. The molecule has 0 radical (unpaired) electrons. The second-order valence-electron chi connectivity index (χ2n) is 7.42. The first-order valence-corrected chi connectivity index (χ1v) is 8.79. The van der Waals surface area contributed by atoms with Gasteiger partial charge in [0, 0.05) is 18.0 Å². The molecule has 1 aromatic carbocycles. The van der Waals surface area contributed by atoms with Crippen molar-refractivity contribution in [1.29, 1.82) is 0 Å². The predicted octanol–water partition coefficient (Wildman–Crippen LogP) is 2.54. The molecule has 1 unspecified atom stereocenters. The van der Waals surface area contributed by atoms with Gasteiger partial charge in [-0.2, -0.15) is 0 Å². The number of benzene rings is 1. The van der Waals surface area contributed by atoms with E-state index in [4.69, 9.17) is 4.74 Å². The van der Waals surface area contributed by atoms with Crippen LogP contribution in [-0.2, 0) is 11.8 Å². The fraction of sp³-hybridized carbons (Fsp3) is 0.667. The number of piperidine rings is 1. The van der Waals surface area contributed by atoms with Gasteiger partial charge in [-0.1, -0.05) is 12.8 Å². The second kappa shape index (κ2) is 4.54. The van der Waals surface area contributed by atoms with Gasteiger partial charge in [-0.15, -0.1) is 0 Å². The quantitative estimate of drug-likeness (QED) is 0.689. The highest BCUT2D eigenvalue weighted by Gasteiger charge is 2.52. The van der Waals surface area contributed by atoms with Crippen LogP contribution in [0.1, 0.15) is 43.2 Å². The number of hydrogen-bond acceptors (Lipinski definition) is 4. The summed E-state index contributed by atoms with van der Waals surface area (Å²) in [5.41, 5.74) is 4.18. The second-order valence-corrected chi connectivity index (χ2v) is 7.42. The van der Waals surface area contributed by atoms with Crippen molar-refractivity contribution in [2.45, 2.75) is 50.0 Å². The highest BCUT2D eigenvalue weighted by Crippen LogP contribution is 2.57. The molecule has 3 N–H and O–H groups in total. The molecule has 2 aliphatic carbocycles. The lowest BCUT2D eigenvalue weighted by atomic mass is 9.52. The highest BCUT2D eigenvalue weighted by atomic mass is 16.5. The summed E-state index contributed by atoms with van der Waals surface area (Å²) in [5.74, 6) is 1.75. The summed E-state index contributed by atoms with van der Waals surface area (Å²) < 4.78 is 5.74. The van der Waals surface area contributed by atoms with E-state index in [1.54, 1.807) is 0 Å². The molecule has 0 aromatic heterocycles. The summed E-state index contributed by atoms with van der Waals surface area (Å²) in [4.78, 5) is 0. The summed E-state index contributed by atoms with van der Waals surface area (Å²) in [6.45, 7) is 2.58. The van der Waals surface area contributed by atoms with E-state index in [2.05, 4.69) is 10.6 Å². The van der Waals surface area contributed by atoms with Gasteiger partial charge in [-0.25, -0.2) is 0 Å². The minimum absolute atomic E-state index is 0.285. The number of phenols is 1. The highest BCUT2D eigenvalue weighted by molar-refractivity contribution is 5.73. The summed E-state index contributed by atoms with van der Waals surface area (Å²) >= 11 is 0. The van der Waals surface area contributed by atoms with Crippen LogP contribution in [0.5, 0.6) is 11.5 Å². The Morgan fingerprint density at radius 2 is 2.18 bits per heavy atom. The molecule has 1 saturated carbocycles. The Labute approximate surface area is 131 Å². The standard InChI is InChI=1S/C18H24N2O2/c21-15-10-13-11(16-17(15)22-8-7-20-16)9-14-12-3-1-2-4-18(12,13)5-6-19-14/h10,12,14,19-21H,1-9H2/t12?,14-,18-/m0/s1. The third-order valence-corrected chi connectivity index (χ3v) is 6.54. The third kappa shape index (κ3) is 1.56. The molecule has 2 fully saturated rings. The van der Waals surface area contributed by atoms with Crippen molar-refractivity contribution in [2.24, 2.45) is 5.92 Å². The molecule has 2 heterocycles. The SMILES string of the molecule is Oc1cc2c(c3c1OCCN3)C[C@@H]1NCC[C@]23CCCCC13. The maximum atomic E-state index is 10.5. The number of anilines is 1. The zero-order valence-corrected chi connectivity index (χ0v) is 13.0. The largest absolute Gasteiger partial charge is 0.504 e. The molecule has 1 aromatic rings. The number of rotatable bonds is 0. The van der Waals surface area contributed by atoms with Crippen LogP contribution in [0.15, 0.2) is 6.07 Å². The van der Waals surface area contributed by atoms with Crippen LogP contribution in [0.3, 0.4) is 0 Å². The van der Waals surface area contributed by atoms with Gasteiger partial charge < -0.3 is 20.5 Å². The van der Waals surface area contributed by atoms with E-state index in [9.17, 15) is 5.11 Å². The maximum absolute atomic E-state index is 10.5. The topological polar surface area (TPSA) is 53.5 Å². The molecule has 4 aliphatic rings. The van der Waals surface area contributed by atoms with Crippen LogP contribution in [-0.4, -0.2) is 30.8 Å². The lowest BCUT2D eigenvalue weighted by Gasteiger charge is -2.56. The predicted molar refractivity (Wildman–Crippen MR) is 85.8 cm³/mol. The van der Waals surface area contributed by atoms with Crippen molar-refractivity contribution in [3.05, 3.63) is 17.2 Å². The van der Waals surface area contributed by atoms with Crippen LogP contribution in [0.4, 0.5) is 5.69 Å². The zero-order chi connectivity index (χ0) is 14.7. The molecule has 2 aliphatic heterocycles. The van der Waals surface area contributed by atoms with Crippen LogP contribution >= 0.6 is 0 Å². The van der Waals surface area contributed by atoms with E-state index in [0.29, 0.717) is 24.1 Å². The molecular weight excluding hydrogens is 276 g/mol. The Morgan fingerprint density at radius 3 is 3.14 bits per heavy atom. The zero-order valence-electron chi connectivity index (χ0n) is 13.0. The van der Waals surface area contributed by atoms with Crippen LogP contribution in [0.25, 0.3) is 0 Å². The minimum atomic E-state index is 0.285. The molecule has 4 nitrogen and oxygen atoms in total. The number of nitrogens with one attached hydrogen (secondary N) is 2. The molecule has 3 atom stereocenters. The van der Waals surface area contributed by atoms with Gasteiger partial charge in [0.05, 0.1) is 5.69 Å². The lowest BCUT2D eigenvalue weighted by molar-refractivity contribution is 0.0794. The van der Waals surface area contributed by atoms with Crippen LogP contribution in [0.2, 0.25) is 0 Å². The monoisotopic (exact) mass is 300 g/mol. The molecule has 118 valence electrons. The molecular formula is C18H24N2O2. The Morgan fingerprint density at radius 1 is 1.23 bits per heavy atom. The molecule has 1 saturated heterocycles. The van der Waals surface area contributed by atoms with Crippen molar-refractivity contribution in [1.82, 2.24) is 5.32 Å². The number of aromatic hydroxyl groups is 1.